The summed E-state index contributed by atoms with van der Waals surface area (Å²) in [5.74, 6) is -0.0327. The Bertz CT molecular complexity index is 533. The molecule has 0 spiro atoms. The zero-order valence-corrected chi connectivity index (χ0v) is 13.3. The second-order valence-corrected chi connectivity index (χ2v) is 5.71. The Hall–Kier alpha value is -2.08. The maximum absolute atomic E-state index is 12.1. The highest BCUT2D eigenvalue weighted by atomic mass is 16.2. The lowest BCUT2D eigenvalue weighted by Gasteiger charge is -2.20. The fraction of sp³-hybridized carbons (Fsp3) is 0.500. The first-order chi connectivity index (χ1) is 10.5. The Morgan fingerprint density at radius 1 is 1.18 bits per heavy atom. The lowest BCUT2D eigenvalue weighted by molar-refractivity contribution is -0.129. The van der Waals surface area contributed by atoms with E-state index in [-0.39, 0.29) is 18.5 Å². The third-order valence-corrected chi connectivity index (χ3v) is 3.75. The van der Waals surface area contributed by atoms with Gasteiger partial charge in [-0.05, 0) is 44.6 Å². The van der Waals surface area contributed by atoms with Crippen molar-refractivity contribution in [1.29, 1.82) is 0 Å². The summed E-state index contributed by atoms with van der Waals surface area (Å²) < 4.78 is 0. The van der Waals surface area contributed by atoms with Gasteiger partial charge in [-0.3, -0.25) is 4.79 Å². The molecular weight excluding hydrogens is 280 g/mol. The third kappa shape index (κ3) is 5.04. The molecule has 1 aliphatic rings. The van der Waals surface area contributed by atoms with Crippen LogP contribution in [0.3, 0.4) is 0 Å². The van der Waals surface area contributed by atoms with Crippen molar-refractivity contribution in [3.05, 3.63) is 29.8 Å². The molecule has 1 aliphatic heterocycles. The van der Waals surface area contributed by atoms with Crippen molar-refractivity contribution >= 4 is 17.6 Å². The van der Waals surface area contributed by atoms with Crippen LogP contribution in [0.1, 0.15) is 12.0 Å². The molecule has 0 saturated carbocycles. The van der Waals surface area contributed by atoms with Crippen molar-refractivity contribution in [1.82, 2.24) is 15.1 Å². The molecule has 1 aromatic rings. The van der Waals surface area contributed by atoms with Gasteiger partial charge in [-0.1, -0.05) is 12.1 Å². The largest absolute Gasteiger partial charge is 0.340 e. The number of aryl methyl sites for hydroxylation is 1. The number of rotatable bonds is 3. The summed E-state index contributed by atoms with van der Waals surface area (Å²) in [5, 5.41) is 5.36. The van der Waals surface area contributed by atoms with Crippen LogP contribution in [-0.4, -0.2) is 61.5 Å². The first kappa shape index (κ1) is 16.3. The predicted octanol–water partition coefficient (Wildman–Crippen LogP) is 1.28. The summed E-state index contributed by atoms with van der Waals surface area (Å²) in [6.07, 6.45) is 0.970. The van der Waals surface area contributed by atoms with Crippen LogP contribution in [-0.2, 0) is 4.79 Å². The van der Waals surface area contributed by atoms with Crippen LogP contribution in [0.2, 0.25) is 0 Å². The number of hydrogen-bond acceptors (Lipinski definition) is 3. The molecule has 2 rings (SSSR count). The molecule has 1 saturated heterocycles. The van der Waals surface area contributed by atoms with Crippen molar-refractivity contribution < 1.29 is 9.59 Å². The van der Waals surface area contributed by atoms with Crippen LogP contribution in [0, 0.1) is 6.92 Å². The molecule has 0 bridgehead atoms. The molecule has 1 heterocycles. The minimum Gasteiger partial charge on any atom is -0.340 e. The average Bonchev–Trinajstić information content (AvgIpc) is 2.69. The van der Waals surface area contributed by atoms with Gasteiger partial charge in [0.1, 0.15) is 0 Å². The van der Waals surface area contributed by atoms with Crippen LogP contribution in [0.15, 0.2) is 24.3 Å². The van der Waals surface area contributed by atoms with E-state index in [4.69, 9.17) is 0 Å². The molecule has 2 N–H and O–H groups in total. The van der Waals surface area contributed by atoms with E-state index >= 15 is 0 Å². The monoisotopic (exact) mass is 304 g/mol. The van der Waals surface area contributed by atoms with Gasteiger partial charge in [-0.15, -0.1) is 0 Å². The van der Waals surface area contributed by atoms with E-state index in [1.54, 1.807) is 0 Å². The minimum atomic E-state index is -0.356. The van der Waals surface area contributed by atoms with Gasteiger partial charge in [-0.2, -0.15) is 0 Å². The van der Waals surface area contributed by atoms with Gasteiger partial charge in [0.15, 0.2) is 0 Å². The van der Waals surface area contributed by atoms with E-state index in [1.165, 1.54) is 0 Å². The number of carbonyl (C=O) groups excluding carboxylic acids is 2. The molecule has 0 unspecified atom stereocenters. The van der Waals surface area contributed by atoms with Crippen LogP contribution in [0.4, 0.5) is 10.5 Å². The lowest BCUT2D eigenvalue weighted by Crippen LogP contribution is -2.42. The number of nitrogens with one attached hydrogen (secondary N) is 2. The summed E-state index contributed by atoms with van der Waals surface area (Å²) in [7, 11) is 2.06. The van der Waals surface area contributed by atoms with Gasteiger partial charge >= 0.3 is 6.03 Å². The smallest absolute Gasteiger partial charge is 0.319 e. The second kappa shape index (κ2) is 7.79. The number of carbonyl (C=O) groups is 2. The molecule has 0 atom stereocenters. The Labute approximate surface area is 131 Å². The third-order valence-electron chi connectivity index (χ3n) is 3.75. The van der Waals surface area contributed by atoms with Crippen molar-refractivity contribution in [3.63, 3.8) is 0 Å². The Morgan fingerprint density at radius 2 is 2.00 bits per heavy atom. The van der Waals surface area contributed by atoms with E-state index in [0.29, 0.717) is 0 Å². The molecule has 0 radical (unpaired) electrons. The minimum absolute atomic E-state index is 0.0291. The molecule has 1 fully saturated rings. The molecule has 22 heavy (non-hydrogen) atoms. The average molecular weight is 304 g/mol. The molecule has 0 aromatic heterocycles. The van der Waals surface area contributed by atoms with Gasteiger partial charge in [0, 0.05) is 25.3 Å². The van der Waals surface area contributed by atoms with Crippen molar-refractivity contribution in [2.75, 3.05) is 45.1 Å². The van der Waals surface area contributed by atoms with Crippen LogP contribution >= 0.6 is 0 Å². The van der Waals surface area contributed by atoms with Crippen molar-refractivity contribution in [2.24, 2.45) is 0 Å². The van der Waals surface area contributed by atoms with Gasteiger partial charge in [0.05, 0.1) is 6.54 Å². The highest BCUT2D eigenvalue weighted by Crippen LogP contribution is 2.09. The van der Waals surface area contributed by atoms with Crippen LogP contribution in [0.25, 0.3) is 0 Å². The molecule has 0 aliphatic carbocycles. The SMILES string of the molecule is Cc1cccc(NC(=O)NCC(=O)N2CCCN(C)CC2)c1. The number of urea groups is 1. The summed E-state index contributed by atoms with van der Waals surface area (Å²) >= 11 is 0. The number of hydrogen-bond donors (Lipinski definition) is 2. The first-order valence-corrected chi connectivity index (χ1v) is 7.62. The number of likely N-dealkylation sites (N-methyl/N-ethyl adjacent to an activating group) is 1. The molecule has 3 amide bonds. The topological polar surface area (TPSA) is 64.7 Å². The zero-order valence-electron chi connectivity index (χ0n) is 13.3. The van der Waals surface area contributed by atoms with Crippen LogP contribution in [0.5, 0.6) is 0 Å². The van der Waals surface area contributed by atoms with Crippen molar-refractivity contribution in [3.8, 4) is 0 Å². The fourth-order valence-electron chi connectivity index (χ4n) is 2.46. The van der Waals surface area contributed by atoms with Crippen molar-refractivity contribution in [2.45, 2.75) is 13.3 Å². The van der Waals surface area contributed by atoms with E-state index in [0.717, 1.165) is 43.9 Å². The first-order valence-electron chi connectivity index (χ1n) is 7.62. The highest BCUT2D eigenvalue weighted by molar-refractivity contribution is 5.92. The lowest BCUT2D eigenvalue weighted by atomic mass is 10.2. The highest BCUT2D eigenvalue weighted by Gasteiger charge is 2.17. The quantitative estimate of drug-likeness (QED) is 0.884. The molecular formula is C16H24N4O2. The number of nitrogens with zero attached hydrogens (tertiary/aromatic N) is 2. The van der Waals surface area contributed by atoms with Gasteiger partial charge < -0.3 is 20.4 Å². The van der Waals surface area contributed by atoms with E-state index in [1.807, 2.05) is 36.1 Å². The number of benzene rings is 1. The summed E-state index contributed by atoms with van der Waals surface area (Å²) in [6.45, 7) is 5.34. The van der Waals surface area contributed by atoms with Gasteiger partial charge in [-0.25, -0.2) is 4.79 Å². The summed E-state index contributed by atoms with van der Waals surface area (Å²) in [6, 6.07) is 7.18. The fourth-order valence-corrected chi connectivity index (χ4v) is 2.46. The Morgan fingerprint density at radius 3 is 2.77 bits per heavy atom. The Balaban J connectivity index is 1.77. The maximum atomic E-state index is 12.1. The van der Waals surface area contributed by atoms with E-state index < -0.39 is 0 Å². The summed E-state index contributed by atoms with van der Waals surface area (Å²) in [5.41, 5.74) is 1.80. The normalized spacial score (nSPS) is 16.0. The molecule has 1 aromatic carbocycles. The van der Waals surface area contributed by atoms with Gasteiger partial charge in [0.2, 0.25) is 5.91 Å². The van der Waals surface area contributed by atoms with E-state index in [2.05, 4.69) is 22.6 Å². The summed E-state index contributed by atoms with van der Waals surface area (Å²) in [4.78, 5) is 28.0. The number of anilines is 1. The Kier molecular flexibility index (Phi) is 5.77. The maximum Gasteiger partial charge on any atom is 0.319 e. The molecule has 120 valence electrons. The van der Waals surface area contributed by atoms with E-state index in [9.17, 15) is 9.59 Å². The standard InChI is InChI=1S/C16H24N4O2/c1-13-5-3-6-14(11-13)18-16(22)17-12-15(21)20-8-4-7-19(2)9-10-20/h3,5-6,11H,4,7-10,12H2,1-2H3,(H2,17,18,22). The zero-order chi connectivity index (χ0) is 15.9. The van der Waals surface area contributed by atoms with Crippen LogP contribution < -0.4 is 10.6 Å². The molecule has 6 heteroatoms. The predicted molar refractivity (Wildman–Crippen MR) is 86.9 cm³/mol. The second-order valence-electron chi connectivity index (χ2n) is 5.71. The van der Waals surface area contributed by atoms with Gasteiger partial charge in [0.25, 0.3) is 0 Å². The molecule has 6 nitrogen and oxygen atoms in total. The number of amides is 3.